The lowest BCUT2D eigenvalue weighted by Crippen LogP contribution is -2.21. The lowest BCUT2D eigenvalue weighted by molar-refractivity contribution is -0.112. The summed E-state index contributed by atoms with van der Waals surface area (Å²) in [6.07, 6.45) is 4.01. The van der Waals surface area contributed by atoms with Crippen molar-refractivity contribution in [2.45, 2.75) is 38.1 Å². The van der Waals surface area contributed by atoms with Gasteiger partial charge in [0.2, 0.25) is 5.91 Å². The molecule has 64 valence electrons. The third kappa shape index (κ3) is 1.71. The highest BCUT2D eigenvalue weighted by Gasteiger charge is 2.51. The van der Waals surface area contributed by atoms with E-state index in [9.17, 15) is 4.79 Å². The van der Waals surface area contributed by atoms with Crippen molar-refractivity contribution in [1.29, 1.82) is 0 Å². The van der Waals surface area contributed by atoms with Crippen LogP contribution in [0.3, 0.4) is 0 Å². The van der Waals surface area contributed by atoms with E-state index in [-0.39, 0.29) is 11.4 Å². The molecule has 0 saturated carbocycles. The predicted molar refractivity (Wildman–Crippen MR) is 44.1 cm³/mol. The molecule has 0 aromatic rings. The van der Waals surface area contributed by atoms with Gasteiger partial charge in [-0.1, -0.05) is 19.8 Å². The predicted octanol–water partition coefficient (Wildman–Crippen LogP) is 0.394. The average Bonchev–Trinajstić information content (AvgIpc) is 2.59. The van der Waals surface area contributed by atoms with Crippen LogP contribution in [-0.4, -0.2) is 18.0 Å². The van der Waals surface area contributed by atoms with Gasteiger partial charge in [-0.05, 0) is 19.4 Å². The van der Waals surface area contributed by atoms with Gasteiger partial charge in [-0.25, -0.2) is 0 Å². The average molecular weight is 156 g/mol. The van der Waals surface area contributed by atoms with Gasteiger partial charge in [0.1, 0.15) is 5.54 Å². The number of hydrogen-bond donors (Lipinski definition) is 2. The molecular formula is C8H16N2O. The Morgan fingerprint density at radius 3 is 2.55 bits per heavy atom. The Morgan fingerprint density at radius 1 is 1.55 bits per heavy atom. The van der Waals surface area contributed by atoms with Crippen molar-refractivity contribution in [3.63, 3.8) is 0 Å². The highest BCUT2D eigenvalue weighted by Crippen LogP contribution is 2.29. The fourth-order valence-electron chi connectivity index (χ4n) is 1.39. The van der Waals surface area contributed by atoms with E-state index in [2.05, 4.69) is 12.2 Å². The summed E-state index contributed by atoms with van der Waals surface area (Å²) in [6, 6.07) is 0. The summed E-state index contributed by atoms with van der Waals surface area (Å²) in [5, 5.41) is 2.86. The highest BCUT2D eigenvalue weighted by atomic mass is 16.2. The number of carbonyl (C=O) groups excluding carboxylic acids is 1. The van der Waals surface area contributed by atoms with Crippen LogP contribution in [0.2, 0.25) is 0 Å². The molecule has 0 aliphatic carbocycles. The van der Waals surface area contributed by atoms with Crippen molar-refractivity contribution in [1.82, 2.24) is 5.32 Å². The number of carbonyl (C=O) groups is 1. The van der Waals surface area contributed by atoms with Crippen LogP contribution >= 0.6 is 0 Å². The lowest BCUT2D eigenvalue weighted by atomic mass is 9.98. The molecule has 3 N–H and O–H groups in total. The van der Waals surface area contributed by atoms with Gasteiger partial charge in [0.05, 0.1) is 0 Å². The van der Waals surface area contributed by atoms with Crippen molar-refractivity contribution in [2.24, 2.45) is 5.73 Å². The Balaban J connectivity index is 2.31. The molecule has 0 aromatic heterocycles. The molecule has 3 heteroatoms. The van der Waals surface area contributed by atoms with Crippen LogP contribution in [0.5, 0.6) is 0 Å². The summed E-state index contributed by atoms with van der Waals surface area (Å²) in [6.45, 7) is 2.73. The van der Waals surface area contributed by atoms with Gasteiger partial charge < -0.3 is 11.1 Å². The summed E-state index contributed by atoms with van der Waals surface area (Å²) in [5.74, 6) is 0.191. The van der Waals surface area contributed by atoms with E-state index in [1.165, 1.54) is 0 Å². The first kappa shape index (κ1) is 8.53. The van der Waals surface area contributed by atoms with E-state index in [4.69, 9.17) is 5.73 Å². The van der Waals surface area contributed by atoms with Gasteiger partial charge in [0.25, 0.3) is 0 Å². The Hall–Kier alpha value is -0.570. The number of hydrogen-bond acceptors (Lipinski definition) is 2. The highest BCUT2D eigenvalue weighted by molar-refractivity contribution is 6.02. The van der Waals surface area contributed by atoms with Gasteiger partial charge in [0.15, 0.2) is 0 Å². The molecule has 1 atom stereocenters. The monoisotopic (exact) mass is 156 g/mol. The maximum Gasteiger partial charge on any atom is 0.246 e. The standard InChI is InChI=1S/C8H16N2O/c1-2-3-4-8(5-6-9)7(11)10-8/h2-6,9H2,1H3,(H,10,11). The minimum absolute atomic E-state index is 0.191. The second kappa shape index (κ2) is 3.22. The van der Waals surface area contributed by atoms with Gasteiger partial charge >= 0.3 is 0 Å². The first-order valence-electron chi connectivity index (χ1n) is 4.28. The molecule has 1 unspecified atom stereocenters. The zero-order chi connectivity index (χ0) is 8.32. The maximum atomic E-state index is 10.9. The van der Waals surface area contributed by atoms with Crippen molar-refractivity contribution in [3.05, 3.63) is 0 Å². The van der Waals surface area contributed by atoms with E-state index in [1.54, 1.807) is 0 Å². The lowest BCUT2D eigenvalue weighted by Gasteiger charge is -2.07. The topological polar surface area (TPSA) is 65.0 Å². The first-order chi connectivity index (χ1) is 5.25. The molecule has 0 spiro atoms. The Labute approximate surface area is 67.3 Å². The van der Waals surface area contributed by atoms with Crippen LogP contribution in [-0.2, 0) is 4.79 Å². The maximum absolute atomic E-state index is 10.9. The molecule has 0 radical (unpaired) electrons. The van der Waals surface area contributed by atoms with Crippen molar-refractivity contribution < 1.29 is 4.79 Å². The second-order valence-corrected chi connectivity index (χ2v) is 3.18. The summed E-state index contributed by atoms with van der Waals surface area (Å²) in [4.78, 5) is 10.9. The molecule has 1 fully saturated rings. The molecule has 0 bridgehead atoms. The molecule has 1 amide bonds. The minimum atomic E-state index is -0.204. The zero-order valence-electron chi connectivity index (χ0n) is 7.02. The third-order valence-electron chi connectivity index (χ3n) is 2.25. The zero-order valence-corrected chi connectivity index (χ0v) is 7.02. The summed E-state index contributed by atoms with van der Waals surface area (Å²) >= 11 is 0. The molecule has 1 rings (SSSR count). The quantitative estimate of drug-likeness (QED) is 0.566. The van der Waals surface area contributed by atoms with E-state index >= 15 is 0 Å². The number of nitrogens with two attached hydrogens (primary N) is 1. The Morgan fingerprint density at radius 2 is 2.18 bits per heavy atom. The normalized spacial score (nSPS) is 28.4. The van der Waals surface area contributed by atoms with Crippen molar-refractivity contribution >= 4 is 5.91 Å². The van der Waals surface area contributed by atoms with Crippen LogP contribution in [0.15, 0.2) is 0 Å². The number of nitrogens with one attached hydrogen (secondary N) is 1. The van der Waals surface area contributed by atoms with Crippen molar-refractivity contribution in [2.75, 3.05) is 6.54 Å². The van der Waals surface area contributed by atoms with Gasteiger partial charge in [0, 0.05) is 0 Å². The van der Waals surface area contributed by atoms with E-state index in [1.807, 2.05) is 0 Å². The molecule has 0 aromatic carbocycles. The smallest absolute Gasteiger partial charge is 0.246 e. The molecule has 1 heterocycles. The van der Waals surface area contributed by atoms with E-state index in [0.29, 0.717) is 6.54 Å². The minimum Gasteiger partial charge on any atom is -0.340 e. The Bertz CT molecular complexity index is 158. The van der Waals surface area contributed by atoms with Gasteiger partial charge in [-0.3, -0.25) is 4.79 Å². The number of rotatable bonds is 5. The third-order valence-corrected chi connectivity index (χ3v) is 2.25. The van der Waals surface area contributed by atoms with Crippen molar-refractivity contribution in [3.8, 4) is 0 Å². The molecule has 1 aliphatic heterocycles. The molecular weight excluding hydrogens is 140 g/mol. The van der Waals surface area contributed by atoms with Gasteiger partial charge in [-0.15, -0.1) is 0 Å². The van der Waals surface area contributed by atoms with Crippen LogP contribution in [0.25, 0.3) is 0 Å². The molecule has 11 heavy (non-hydrogen) atoms. The largest absolute Gasteiger partial charge is 0.340 e. The molecule has 3 nitrogen and oxygen atoms in total. The summed E-state index contributed by atoms with van der Waals surface area (Å²) < 4.78 is 0. The summed E-state index contributed by atoms with van der Waals surface area (Å²) in [5.41, 5.74) is 5.19. The van der Waals surface area contributed by atoms with E-state index < -0.39 is 0 Å². The summed E-state index contributed by atoms with van der Waals surface area (Å²) in [7, 11) is 0. The molecule has 1 saturated heterocycles. The van der Waals surface area contributed by atoms with Crippen LogP contribution in [0.1, 0.15) is 32.6 Å². The number of unbranched alkanes of at least 4 members (excludes halogenated alkanes) is 1. The van der Waals surface area contributed by atoms with Crippen LogP contribution in [0.4, 0.5) is 0 Å². The fraction of sp³-hybridized carbons (Fsp3) is 0.875. The fourth-order valence-corrected chi connectivity index (χ4v) is 1.39. The Kier molecular flexibility index (Phi) is 2.49. The van der Waals surface area contributed by atoms with Crippen LogP contribution in [0, 0.1) is 0 Å². The number of amides is 1. The SMILES string of the molecule is CCCCC1(CCN)NC1=O. The van der Waals surface area contributed by atoms with Gasteiger partial charge in [-0.2, -0.15) is 0 Å². The van der Waals surface area contributed by atoms with E-state index in [0.717, 1.165) is 25.7 Å². The van der Waals surface area contributed by atoms with Crippen LogP contribution < -0.4 is 11.1 Å². The second-order valence-electron chi connectivity index (χ2n) is 3.18. The first-order valence-corrected chi connectivity index (χ1v) is 4.28. The molecule has 1 aliphatic rings.